The standard InChI is InChI=1S/C56H34N4S/c1-4-17-37(18-5-1)50-34-46-55(61-50)53(38-19-6-2-7-20-38)58-56(57-46)60-47-31-29-39(33-45(47)44-30-27-36-16-11-13-24-43(36)54(44)60)42-25-14-26-48-52(42)51-41-23-12-10-15-35(41)28-32-49(51)59(48)40-21-8-3-9-22-40/h1-34H. The van der Waals surface area contributed by atoms with E-state index in [4.69, 9.17) is 9.97 Å². The predicted octanol–water partition coefficient (Wildman–Crippen LogP) is 15.2. The van der Waals surface area contributed by atoms with Gasteiger partial charge in [-0.25, -0.2) is 9.97 Å². The van der Waals surface area contributed by atoms with Crippen LogP contribution < -0.4 is 0 Å². The Balaban J connectivity index is 1.11. The number of benzene rings is 9. The van der Waals surface area contributed by atoms with Crippen molar-refractivity contribution in [3.63, 3.8) is 0 Å². The topological polar surface area (TPSA) is 35.6 Å². The normalized spacial score (nSPS) is 11.9. The second kappa shape index (κ2) is 13.3. The molecule has 4 heterocycles. The van der Waals surface area contributed by atoms with Gasteiger partial charge in [-0.05, 0) is 75.3 Å². The first-order valence-corrected chi connectivity index (χ1v) is 21.5. The maximum absolute atomic E-state index is 5.50. The van der Waals surface area contributed by atoms with Gasteiger partial charge in [-0.2, -0.15) is 0 Å². The van der Waals surface area contributed by atoms with Gasteiger partial charge in [0.15, 0.2) is 0 Å². The molecule has 0 radical (unpaired) electrons. The van der Waals surface area contributed by atoms with Crippen molar-refractivity contribution in [3.05, 3.63) is 206 Å². The molecule has 0 saturated heterocycles. The largest absolute Gasteiger partial charge is 0.309 e. The highest BCUT2D eigenvalue weighted by molar-refractivity contribution is 7.22. The third-order valence-electron chi connectivity index (χ3n) is 12.3. The zero-order valence-corrected chi connectivity index (χ0v) is 33.6. The molecule has 0 bridgehead atoms. The molecule has 0 atom stereocenters. The van der Waals surface area contributed by atoms with Crippen LogP contribution in [0.5, 0.6) is 0 Å². The summed E-state index contributed by atoms with van der Waals surface area (Å²) in [5, 5.41) is 9.67. The van der Waals surface area contributed by atoms with E-state index in [0.717, 1.165) is 54.5 Å². The van der Waals surface area contributed by atoms with Crippen LogP contribution in [0.4, 0.5) is 0 Å². The summed E-state index contributed by atoms with van der Waals surface area (Å²) in [5.41, 5.74) is 12.2. The van der Waals surface area contributed by atoms with Crippen molar-refractivity contribution in [3.8, 4) is 44.5 Å². The van der Waals surface area contributed by atoms with Gasteiger partial charge in [0.2, 0.25) is 5.95 Å². The molecule has 0 fully saturated rings. The first-order chi connectivity index (χ1) is 30.3. The number of fused-ring (bicyclic) bond motifs is 11. The molecule has 13 aromatic rings. The van der Waals surface area contributed by atoms with E-state index in [1.54, 1.807) is 11.3 Å². The second-order valence-corrected chi connectivity index (χ2v) is 16.8. The summed E-state index contributed by atoms with van der Waals surface area (Å²) >= 11 is 1.75. The molecule has 4 nitrogen and oxygen atoms in total. The fraction of sp³-hybridized carbons (Fsp3) is 0. The highest BCUT2D eigenvalue weighted by atomic mass is 32.1. The molecule has 0 N–H and O–H groups in total. The molecule has 0 unspecified atom stereocenters. The second-order valence-electron chi connectivity index (χ2n) is 15.7. The third-order valence-corrected chi connectivity index (χ3v) is 13.5. The summed E-state index contributed by atoms with van der Waals surface area (Å²) in [6, 6.07) is 74.3. The zero-order chi connectivity index (χ0) is 40.0. The van der Waals surface area contributed by atoms with Crippen LogP contribution in [0, 0.1) is 0 Å². The Hall–Kier alpha value is -7.86. The van der Waals surface area contributed by atoms with E-state index in [2.05, 4.69) is 215 Å². The smallest absolute Gasteiger partial charge is 0.235 e. The molecule has 13 rings (SSSR count). The van der Waals surface area contributed by atoms with E-state index in [9.17, 15) is 0 Å². The third kappa shape index (κ3) is 5.18. The lowest BCUT2D eigenvalue weighted by Crippen LogP contribution is -2.03. The van der Waals surface area contributed by atoms with Crippen LogP contribution in [0.2, 0.25) is 0 Å². The maximum Gasteiger partial charge on any atom is 0.235 e. The number of hydrogen-bond acceptors (Lipinski definition) is 3. The highest BCUT2D eigenvalue weighted by Crippen LogP contribution is 2.45. The van der Waals surface area contributed by atoms with Crippen LogP contribution in [0.15, 0.2) is 206 Å². The molecule has 9 aromatic carbocycles. The summed E-state index contributed by atoms with van der Waals surface area (Å²) in [6.07, 6.45) is 0. The van der Waals surface area contributed by atoms with Crippen molar-refractivity contribution in [2.45, 2.75) is 0 Å². The minimum Gasteiger partial charge on any atom is -0.309 e. The van der Waals surface area contributed by atoms with Crippen LogP contribution in [-0.4, -0.2) is 19.1 Å². The Labute approximate surface area is 354 Å². The molecular weight excluding hydrogens is 761 g/mol. The maximum atomic E-state index is 5.50. The van der Waals surface area contributed by atoms with Gasteiger partial charge in [0, 0.05) is 43.1 Å². The molecule has 5 heteroatoms. The Morgan fingerprint density at radius 1 is 0.393 bits per heavy atom. The molecular formula is C56H34N4S. The Morgan fingerprint density at radius 2 is 1.05 bits per heavy atom. The number of hydrogen-bond donors (Lipinski definition) is 0. The lowest BCUT2D eigenvalue weighted by atomic mass is 9.95. The number of para-hydroxylation sites is 1. The lowest BCUT2D eigenvalue weighted by molar-refractivity contribution is 1.02. The fourth-order valence-corrected chi connectivity index (χ4v) is 10.7. The summed E-state index contributed by atoms with van der Waals surface area (Å²) in [5.74, 6) is 0.660. The Bertz CT molecular complexity index is 3860. The Morgan fingerprint density at radius 3 is 1.85 bits per heavy atom. The zero-order valence-electron chi connectivity index (χ0n) is 32.8. The number of rotatable bonds is 5. The molecule has 0 aliphatic carbocycles. The average Bonchev–Trinajstić information content (AvgIpc) is 4.02. The fourth-order valence-electron chi connectivity index (χ4n) is 9.63. The first-order valence-electron chi connectivity index (χ1n) is 20.7. The van der Waals surface area contributed by atoms with E-state index in [0.29, 0.717) is 5.95 Å². The molecule has 4 aromatic heterocycles. The van der Waals surface area contributed by atoms with Gasteiger partial charge in [0.1, 0.15) is 0 Å². The van der Waals surface area contributed by atoms with Gasteiger partial charge < -0.3 is 4.57 Å². The Kier molecular flexibility index (Phi) is 7.44. The van der Waals surface area contributed by atoms with Gasteiger partial charge in [-0.1, -0.05) is 164 Å². The van der Waals surface area contributed by atoms with Crippen LogP contribution in [0.3, 0.4) is 0 Å². The lowest BCUT2D eigenvalue weighted by Gasteiger charge is -2.11. The van der Waals surface area contributed by atoms with Gasteiger partial charge in [-0.15, -0.1) is 11.3 Å². The molecule has 0 saturated carbocycles. The van der Waals surface area contributed by atoms with Gasteiger partial charge >= 0.3 is 0 Å². The molecule has 0 amide bonds. The minimum atomic E-state index is 0.660. The van der Waals surface area contributed by atoms with Gasteiger partial charge in [-0.3, -0.25) is 4.57 Å². The van der Waals surface area contributed by atoms with E-state index in [-0.39, 0.29) is 0 Å². The van der Waals surface area contributed by atoms with Crippen molar-refractivity contribution < 1.29 is 0 Å². The van der Waals surface area contributed by atoms with Crippen molar-refractivity contribution >= 4 is 86.7 Å². The first kappa shape index (κ1) is 34.0. The number of nitrogens with zero attached hydrogens (tertiary/aromatic N) is 4. The molecule has 284 valence electrons. The highest BCUT2D eigenvalue weighted by Gasteiger charge is 2.23. The number of thiophene rings is 1. The summed E-state index contributed by atoms with van der Waals surface area (Å²) in [6.45, 7) is 0. The van der Waals surface area contributed by atoms with E-state index in [1.807, 2.05) is 0 Å². The molecule has 61 heavy (non-hydrogen) atoms. The van der Waals surface area contributed by atoms with Gasteiger partial charge in [0.05, 0.1) is 38.0 Å². The van der Waals surface area contributed by atoms with Crippen LogP contribution in [0.25, 0.3) is 120 Å². The molecule has 0 aliphatic rings. The quantitative estimate of drug-likeness (QED) is 0.174. The minimum absolute atomic E-state index is 0.660. The summed E-state index contributed by atoms with van der Waals surface area (Å²) in [4.78, 5) is 12.1. The predicted molar refractivity (Wildman–Crippen MR) is 257 cm³/mol. The summed E-state index contributed by atoms with van der Waals surface area (Å²) < 4.78 is 5.80. The van der Waals surface area contributed by atoms with Crippen molar-refractivity contribution in [2.75, 3.05) is 0 Å². The van der Waals surface area contributed by atoms with Crippen molar-refractivity contribution in [2.24, 2.45) is 0 Å². The van der Waals surface area contributed by atoms with E-state index in [1.165, 1.54) is 59.4 Å². The SMILES string of the molecule is c1ccc(-c2cc3nc(-n4c5ccc(-c6cccc7c6c6c8ccccc8ccc6n7-c6ccccc6)cc5c5ccc6ccccc6c54)nc(-c4ccccc4)c3s2)cc1. The average molecular weight is 795 g/mol. The summed E-state index contributed by atoms with van der Waals surface area (Å²) in [7, 11) is 0. The van der Waals surface area contributed by atoms with Crippen LogP contribution in [0.1, 0.15) is 0 Å². The molecule has 0 spiro atoms. The number of aromatic nitrogens is 4. The van der Waals surface area contributed by atoms with Crippen molar-refractivity contribution in [1.82, 2.24) is 19.1 Å². The van der Waals surface area contributed by atoms with Crippen LogP contribution in [-0.2, 0) is 0 Å². The monoisotopic (exact) mass is 794 g/mol. The van der Waals surface area contributed by atoms with E-state index < -0.39 is 0 Å². The van der Waals surface area contributed by atoms with Gasteiger partial charge in [0.25, 0.3) is 0 Å². The van der Waals surface area contributed by atoms with Crippen LogP contribution >= 0.6 is 11.3 Å². The molecule has 0 aliphatic heterocycles. The van der Waals surface area contributed by atoms with Crippen molar-refractivity contribution in [1.29, 1.82) is 0 Å². The van der Waals surface area contributed by atoms with E-state index >= 15 is 0 Å².